The van der Waals surface area contributed by atoms with Gasteiger partial charge in [0.25, 0.3) is 0 Å². The summed E-state index contributed by atoms with van der Waals surface area (Å²) in [7, 11) is 0. The van der Waals surface area contributed by atoms with Crippen LogP contribution >= 0.6 is 0 Å². The first-order chi connectivity index (χ1) is 8.40. The molecule has 0 spiro atoms. The van der Waals surface area contributed by atoms with Gasteiger partial charge in [-0.25, -0.2) is 4.79 Å². The molecule has 0 aromatic carbocycles. The molecular formula is C12H24N2O4. The van der Waals surface area contributed by atoms with E-state index in [0.29, 0.717) is 12.5 Å². The van der Waals surface area contributed by atoms with Gasteiger partial charge in [0, 0.05) is 19.4 Å². The molecule has 0 heterocycles. The van der Waals surface area contributed by atoms with E-state index in [0.717, 1.165) is 6.42 Å². The zero-order chi connectivity index (χ0) is 14.1. The van der Waals surface area contributed by atoms with Crippen LogP contribution in [-0.4, -0.2) is 41.3 Å². The lowest BCUT2D eigenvalue weighted by atomic mass is 9.94. The largest absolute Gasteiger partial charge is 0.480 e. The van der Waals surface area contributed by atoms with Crippen LogP contribution in [0.1, 0.15) is 33.1 Å². The zero-order valence-corrected chi connectivity index (χ0v) is 11.1. The minimum absolute atomic E-state index is 0.0124. The number of carboxylic acids is 1. The maximum Gasteiger partial charge on any atom is 0.326 e. The lowest BCUT2D eigenvalue weighted by Gasteiger charge is -2.18. The van der Waals surface area contributed by atoms with Crippen LogP contribution in [-0.2, 0) is 9.59 Å². The number of rotatable bonds is 9. The van der Waals surface area contributed by atoms with Crippen molar-refractivity contribution < 1.29 is 19.8 Å². The lowest BCUT2D eigenvalue weighted by Crippen LogP contribution is -2.42. The normalized spacial score (nSPS) is 14.3. The van der Waals surface area contributed by atoms with E-state index in [1.807, 2.05) is 13.8 Å². The van der Waals surface area contributed by atoms with Crippen molar-refractivity contribution in [2.45, 2.75) is 39.2 Å². The van der Waals surface area contributed by atoms with Gasteiger partial charge >= 0.3 is 5.97 Å². The van der Waals surface area contributed by atoms with Crippen LogP contribution in [0.3, 0.4) is 0 Å². The van der Waals surface area contributed by atoms with Crippen molar-refractivity contribution in [1.29, 1.82) is 0 Å². The summed E-state index contributed by atoms with van der Waals surface area (Å²) in [5.74, 6) is -0.954. The van der Waals surface area contributed by atoms with Crippen LogP contribution in [0.25, 0.3) is 0 Å². The summed E-state index contributed by atoms with van der Waals surface area (Å²) in [6, 6.07) is -1.03. The van der Waals surface area contributed by atoms with Gasteiger partial charge in [-0.1, -0.05) is 13.8 Å². The molecule has 0 aromatic heterocycles. The summed E-state index contributed by atoms with van der Waals surface area (Å²) in [4.78, 5) is 22.5. The third-order valence-corrected chi connectivity index (χ3v) is 2.66. The van der Waals surface area contributed by atoms with Crippen LogP contribution in [0.2, 0.25) is 0 Å². The number of carbonyl (C=O) groups excluding carboxylic acids is 1. The van der Waals surface area contributed by atoms with Crippen molar-refractivity contribution in [3.8, 4) is 0 Å². The fourth-order valence-electron chi connectivity index (χ4n) is 1.83. The summed E-state index contributed by atoms with van der Waals surface area (Å²) < 4.78 is 0. The Labute approximate surface area is 108 Å². The van der Waals surface area contributed by atoms with Crippen molar-refractivity contribution in [3.63, 3.8) is 0 Å². The Hall–Kier alpha value is -1.14. The first-order valence-electron chi connectivity index (χ1n) is 6.23. The molecule has 106 valence electrons. The first kappa shape index (κ1) is 16.9. The lowest BCUT2D eigenvalue weighted by molar-refractivity contribution is -0.142. The quantitative estimate of drug-likeness (QED) is 0.464. The second-order valence-electron chi connectivity index (χ2n) is 4.91. The molecule has 18 heavy (non-hydrogen) atoms. The molecule has 0 aliphatic rings. The Morgan fingerprint density at radius 2 is 1.94 bits per heavy atom. The van der Waals surface area contributed by atoms with E-state index in [9.17, 15) is 9.59 Å². The van der Waals surface area contributed by atoms with E-state index in [2.05, 4.69) is 5.32 Å². The average Bonchev–Trinajstić information content (AvgIpc) is 2.26. The van der Waals surface area contributed by atoms with Crippen molar-refractivity contribution >= 4 is 11.9 Å². The van der Waals surface area contributed by atoms with E-state index in [4.69, 9.17) is 15.9 Å². The highest BCUT2D eigenvalue weighted by molar-refractivity contribution is 5.83. The van der Waals surface area contributed by atoms with Crippen molar-refractivity contribution in [2.75, 3.05) is 13.2 Å². The number of carbonyl (C=O) groups is 2. The molecule has 0 unspecified atom stereocenters. The highest BCUT2D eigenvalue weighted by Gasteiger charge is 2.21. The number of amides is 1. The smallest absolute Gasteiger partial charge is 0.326 e. The molecule has 0 bridgehead atoms. The summed E-state index contributed by atoms with van der Waals surface area (Å²) >= 11 is 0. The minimum Gasteiger partial charge on any atom is -0.480 e. The monoisotopic (exact) mass is 260 g/mol. The predicted octanol–water partition coefficient (Wildman–Crippen LogP) is -0.0507. The van der Waals surface area contributed by atoms with E-state index >= 15 is 0 Å². The van der Waals surface area contributed by atoms with Gasteiger partial charge in [-0.15, -0.1) is 0 Å². The topological polar surface area (TPSA) is 113 Å². The van der Waals surface area contributed by atoms with E-state index in [1.54, 1.807) is 0 Å². The minimum atomic E-state index is -1.13. The molecule has 0 rings (SSSR count). The van der Waals surface area contributed by atoms with Crippen LogP contribution in [0, 0.1) is 11.8 Å². The molecule has 2 atom stereocenters. The predicted molar refractivity (Wildman–Crippen MR) is 67.9 cm³/mol. The molecule has 6 nitrogen and oxygen atoms in total. The molecule has 0 fully saturated rings. The number of nitrogens with two attached hydrogens (primary N) is 1. The number of aliphatic hydroxyl groups is 1. The second kappa shape index (κ2) is 8.88. The highest BCUT2D eigenvalue weighted by atomic mass is 16.4. The average molecular weight is 260 g/mol. The van der Waals surface area contributed by atoms with Crippen LogP contribution < -0.4 is 11.1 Å². The Bertz CT molecular complexity index is 269. The summed E-state index contributed by atoms with van der Waals surface area (Å²) in [6.45, 7) is 4.23. The van der Waals surface area contributed by atoms with E-state index in [1.165, 1.54) is 0 Å². The Kier molecular flexibility index (Phi) is 8.32. The molecule has 0 aromatic rings. The maximum absolute atomic E-state index is 11.7. The van der Waals surface area contributed by atoms with Gasteiger partial charge in [0.1, 0.15) is 6.04 Å². The van der Waals surface area contributed by atoms with Gasteiger partial charge in [0.15, 0.2) is 0 Å². The number of aliphatic hydroxyl groups excluding tert-OH is 1. The SMILES string of the molecule is CC(C)C[C@H](CN)CC(=O)N[C@H](CCO)C(=O)O. The van der Waals surface area contributed by atoms with E-state index in [-0.39, 0.29) is 31.3 Å². The fraction of sp³-hybridized carbons (Fsp3) is 0.833. The van der Waals surface area contributed by atoms with Gasteiger partial charge in [-0.05, 0) is 24.8 Å². The van der Waals surface area contributed by atoms with Gasteiger partial charge in [0.2, 0.25) is 5.91 Å². The summed E-state index contributed by atoms with van der Waals surface area (Å²) in [6.07, 6.45) is 1.07. The van der Waals surface area contributed by atoms with Gasteiger partial charge in [-0.2, -0.15) is 0 Å². The third-order valence-electron chi connectivity index (χ3n) is 2.66. The summed E-state index contributed by atoms with van der Waals surface area (Å²) in [5, 5.41) is 20.0. The molecular weight excluding hydrogens is 236 g/mol. The molecule has 0 radical (unpaired) electrons. The number of nitrogens with one attached hydrogen (secondary N) is 1. The molecule has 5 N–H and O–H groups in total. The third kappa shape index (κ3) is 7.24. The summed E-state index contributed by atoms with van der Waals surface area (Å²) in [5.41, 5.74) is 5.58. The van der Waals surface area contributed by atoms with Gasteiger partial charge in [0.05, 0.1) is 0 Å². The number of hydrogen-bond donors (Lipinski definition) is 4. The Morgan fingerprint density at radius 3 is 2.33 bits per heavy atom. The molecule has 0 aliphatic heterocycles. The standard InChI is InChI=1S/C12H24N2O4/c1-8(2)5-9(7-13)6-11(16)14-10(3-4-15)12(17)18/h8-10,15H,3-7,13H2,1-2H3,(H,14,16)(H,17,18)/t9-,10+/m0/s1. The van der Waals surface area contributed by atoms with Gasteiger partial charge < -0.3 is 21.3 Å². The number of aliphatic carboxylic acids is 1. The van der Waals surface area contributed by atoms with Crippen molar-refractivity contribution in [3.05, 3.63) is 0 Å². The van der Waals surface area contributed by atoms with Crippen molar-refractivity contribution in [2.24, 2.45) is 17.6 Å². The Balaban J connectivity index is 4.24. The first-order valence-corrected chi connectivity index (χ1v) is 6.23. The fourth-order valence-corrected chi connectivity index (χ4v) is 1.83. The zero-order valence-electron chi connectivity index (χ0n) is 11.1. The van der Waals surface area contributed by atoms with Crippen LogP contribution in [0.15, 0.2) is 0 Å². The van der Waals surface area contributed by atoms with E-state index < -0.39 is 12.0 Å². The second-order valence-corrected chi connectivity index (χ2v) is 4.91. The highest BCUT2D eigenvalue weighted by Crippen LogP contribution is 2.14. The molecule has 0 aliphatic carbocycles. The van der Waals surface area contributed by atoms with Crippen molar-refractivity contribution in [1.82, 2.24) is 5.32 Å². The molecule has 6 heteroatoms. The number of carboxylic acid groups (broad SMARTS) is 1. The van der Waals surface area contributed by atoms with Crippen LogP contribution in [0.5, 0.6) is 0 Å². The molecule has 1 amide bonds. The number of hydrogen-bond acceptors (Lipinski definition) is 4. The maximum atomic E-state index is 11.7. The molecule has 0 saturated heterocycles. The van der Waals surface area contributed by atoms with Gasteiger partial charge in [-0.3, -0.25) is 4.79 Å². The molecule has 0 saturated carbocycles. The van der Waals surface area contributed by atoms with Crippen LogP contribution in [0.4, 0.5) is 0 Å². The Morgan fingerprint density at radius 1 is 1.33 bits per heavy atom.